The predicted octanol–water partition coefficient (Wildman–Crippen LogP) is 12.2. The lowest BCUT2D eigenvalue weighted by Crippen LogP contribution is -2.26. The van der Waals surface area contributed by atoms with E-state index in [-0.39, 0.29) is 0 Å². The van der Waals surface area contributed by atoms with Crippen LogP contribution < -0.4 is 0 Å². The van der Waals surface area contributed by atoms with E-state index in [2.05, 4.69) is 20.8 Å². The van der Waals surface area contributed by atoms with Gasteiger partial charge in [-0.1, -0.05) is 162 Å². The van der Waals surface area contributed by atoms with E-state index in [0.717, 1.165) is 11.3 Å². The Morgan fingerprint density at radius 1 is 0.469 bits per heavy atom. The maximum atomic E-state index is 2.33. The molecule has 0 spiro atoms. The van der Waals surface area contributed by atoms with E-state index < -0.39 is 0 Å². The second-order valence-electron chi connectivity index (χ2n) is 11.6. The van der Waals surface area contributed by atoms with Gasteiger partial charge in [0.1, 0.15) is 0 Å². The van der Waals surface area contributed by atoms with Crippen molar-refractivity contribution in [2.24, 2.45) is 11.3 Å². The van der Waals surface area contributed by atoms with Crippen molar-refractivity contribution in [2.45, 2.75) is 194 Å². The van der Waals surface area contributed by atoms with E-state index in [9.17, 15) is 0 Å². The van der Waals surface area contributed by atoms with Crippen LogP contribution in [0.3, 0.4) is 0 Å². The van der Waals surface area contributed by atoms with Crippen LogP contribution in [-0.2, 0) is 0 Å². The molecule has 0 amide bonds. The molecule has 0 aromatic rings. The molecule has 0 aromatic carbocycles. The van der Waals surface area contributed by atoms with Gasteiger partial charge < -0.3 is 0 Å². The number of hydrogen-bond donors (Lipinski definition) is 0. The van der Waals surface area contributed by atoms with E-state index in [1.54, 1.807) is 32.1 Å². The Bertz CT molecular complexity index is 352. The lowest BCUT2D eigenvalue weighted by atomic mass is 9.68. The molecule has 0 nitrogen and oxygen atoms in total. The molecule has 192 valence electrons. The van der Waals surface area contributed by atoms with E-state index >= 15 is 0 Å². The van der Waals surface area contributed by atoms with Crippen molar-refractivity contribution in [3.63, 3.8) is 0 Å². The van der Waals surface area contributed by atoms with Crippen molar-refractivity contribution in [1.82, 2.24) is 0 Å². The summed E-state index contributed by atoms with van der Waals surface area (Å²) in [7, 11) is 0. The van der Waals surface area contributed by atoms with Gasteiger partial charge in [0.05, 0.1) is 0 Å². The Balaban J connectivity index is 2.39. The summed E-state index contributed by atoms with van der Waals surface area (Å²) in [5, 5.41) is 0. The van der Waals surface area contributed by atoms with Crippen LogP contribution in [0.1, 0.15) is 194 Å². The van der Waals surface area contributed by atoms with Crippen LogP contribution in [0.5, 0.6) is 0 Å². The average molecular weight is 449 g/mol. The van der Waals surface area contributed by atoms with Crippen LogP contribution in [0.2, 0.25) is 0 Å². The van der Waals surface area contributed by atoms with Crippen molar-refractivity contribution < 1.29 is 0 Å². The maximum absolute atomic E-state index is 2.33. The third-order valence-electron chi connectivity index (χ3n) is 8.81. The van der Waals surface area contributed by atoms with Crippen LogP contribution in [0, 0.1) is 11.3 Å². The van der Waals surface area contributed by atoms with Crippen molar-refractivity contribution in [2.75, 3.05) is 0 Å². The standard InChI is InChI=1S/C32H64/c1-4-7-10-13-16-19-22-26-31-27-25-30-32(31,28-23-20-17-14-11-8-5-2)29-24-21-18-15-12-9-6-3/h31H,4-30H2,1-3H3. The molecule has 0 N–H and O–H groups in total. The molecule has 0 aromatic heterocycles. The summed E-state index contributed by atoms with van der Waals surface area (Å²) < 4.78 is 0. The first-order valence-electron chi connectivity index (χ1n) is 15.8. The van der Waals surface area contributed by atoms with E-state index in [0.29, 0.717) is 0 Å². The van der Waals surface area contributed by atoms with Gasteiger partial charge in [0.2, 0.25) is 0 Å². The molecule has 0 radical (unpaired) electrons. The normalized spacial score (nSPS) is 17.9. The van der Waals surface area contributed by atoms with Gasteiger partial charge in [-0.25, -0.2) is 0 Å². The van der Waals surface area contributed by atoms with Gasteiger partial charge in [0.25, 0.3) is 0 Å². The zero-order valence-electron chi connectivity index (χ0n) is 23.2. The Hall–Kier alpha value is 0. The fourth-order valence-corrected chi connectivity index (χ4v) is 6.66. The third kappa shape index (κ3) is 14.3. The maximum Gasteiger partial charge on any atom is -0.0269 e. The lowest BCUT2D eigenvalue weighted by Gasteiger charge is -2.37. The molecule has 1 unspecified atom stereocenters. The summed E-state index contributed by atoms with van der Waals surface area (Å²) in [4.78, 5) is 0. The molecule has 0 bridgehead atoms. The molecule has 1 atom stereocenters. The molecule has 32 heavy (non-hydrogen) atoms. The highest BCUT2D eigenvalue weighted by Crippen LogP contribution is 2.52. The molecule has 0 heterocycles. The minimum absolute atomic E-state index is 0.745. The van der Waals surface area contributed by atoms with Gasteiger partial charge in [0.15, 0.2) is 0 Å². The smallest absolute Gasteiger partial charge is 0.0269 e. The van der Waals surface area contributed by atoms with Gasteiger partial charge in [0, 0.05) is 0 Å². The Morgan fingerprint density at radius 2 is 0.844 bits per heavy atom. The second kappa shape index (κ2) is 21.5. The molecule has 0 aliphatic heterocycles. The first-order chi connectivity index (χ1) is 15.8. The van der Waals surface area contributed by atoms with E-state index in [1.165, 1.54) is 141 Å². The Kier molecular flexibility index (Phi) is 20.2. The predicted molar refractivity (Wildman–Crippen MR) is 148 cm³/mol. The summed E-state index contributed by atoms with van der Waals surface area (Å²) in [6.07, 6.45) is 40.3. The molecule has 1 saturated carbocycles. The topological polar surface area (TPSA) is 0 Å². The molecule has 1 aliphatic carbocycles. The number of rotatable bonds is 24. The van der Waals surface area contributed by atoms with Gasteiger partial charge in [-0.3, -0.25) is 0 Å². The Morgan fingerprint density at radius 3 is 1.28 bits per heavy atom. The lowest BCUT2D eigenvalue weighted by molar-refractivity contribution is 0.141. The summed E-state index contributed by atoms with van der Waals surface area (Å²) in [6.45, 7) is 6.99. The molecule has 0 saturated heterocycles. The quantitative estimate of drug-likeness (QED) is 0.129. The SMILES string of the molecule is CCCCCCCCCC1CCCC1(CCCCCCCCC)CCCCCCCCC. The Labute approximate surface area is 205 Å². The van der Waals surface area contributed by atoms with Crippen molar-refractivity contribution >= 4 is 0 Å². The van der Waals surface area contributed by atoms with Crippen LogP contribution in [0.25, 0.3) is 0 Å². The summed E-state index contributed by atoms with van der Waals surface area (Å²) in [5.41, 5.74) is 0.745. The molecule has 1 aliphatic rings. The van der Waals surface area contributed by atoms with Gasteiger partial charge >= 0.3 is 0 Å². The van der Waals surface area contributed by atoms with Crippen LogP contribution in [-0.4, -0.2) is 0 Å². The highest BCUT2D eigenvalue weighted by Gasteiger charge is 2.40. The molecular weight excluding hydrogens is 384 g/mol. The van der Waals surface area contributed by atoms with E-state index in [1.807, 2.05) is 0 Å². The monoisotopic (exact) mass is 449 g/mol. The van der Waals surface area contributed by atoms with Crippen molar-refractivity contribution in [3.05, 3.63) is 0 Å². The largest absolute Gasteiger partial charge is 0.0654 e. The second-order valence-corrected chi connectivity index (χ2v) is 11.6. The van der Waals surface area contributed by atoms with Gasteiger partial charge in [-0.05, 0) is 43.4 Å². The minimum atomic E-state index is 0.745. The fourth-order valence-electron chi connectivity index (χ4n) is 6.66. The summed E-state index contributed by atoms with van der Waals surface area (Å²) >= 11 is 0. The van der Waals surface area contributed by atoms with Gasteiger partial charge in [-0.15, -0.1) is 0 Å². The molecule has 1 rings (SSSR count). The highest BCUT2D eigenvalue weighted by molar-refractivity contribution is 4.91. The highest BCUT2D eigenvalue weighted by atomic mass is 14.5. The molecular formula is C32H64. The number of unbranched alkanes of at least 4 members (excludes halogenated alkanes) is 18. The first kappa shape index (κ1) is 30.0. The molecule has 1 fully saturated rings. The summed E-state index contributed by atoms with van der Waals surface area (Å²) in [5.74, 6) is 1.07. The fraction of sp³-hybridized carbons (Fsp3) is 1.00. The van der Waals surface area contributed by atoms with Crippen molar-refractivity contribution in [1.29, 1.82) is 0 Å². The van der Waals surface area contributed by atoms with Gasteiger partial charge in [-0.2, -0.15) is 0 Å². The van der Waals surface area contributed by atoms with Crippen LogP contribution in [0.4, 0.5) is 0 Å². The summed E-state index contributed by atoms with van der Waals surface area (Å²) in [6, 6.07) is 0. The minimum Gasteiger partial charge on any atom is -0.0654 e. The number of hydrogen-bond acceptors (Lipinski definition) is 0. The van der Waals surface area contributed by atoms with E-state index in [4.69, 9.17) is 0 Å². The zero-order valence-corrected chi connectivity index (χ0v) is 23.2. The zero-order chi connectivity index (χ0) is 23.2. The first-order valence-corrected chi connectivity index (χ1v) is 15.8. The molecule has 0 heteroatoms. The van der Waals surface area contributed by atoms with Crippen LogP contribution in [0.15, 0.2) is 0 Å². The average Bonchev–Trinajstić information content (AvgIpc) is 3.20. The van der Waals surface area contributed by atoms with Crippen molar-refractivity contribution in [3.8, 4) is 0 Å². The van der Waals surface area contributed by atoms with Crippen LogP contribution >= 0.6 is 0 Å². The third-order valence-corrected chi connectivity index (χ3v) is 8.81.